The van der Waals surface area contributed by atoms with E-state index in [0.717, 1.165) is 25.0 Å². The monoisotopic (exact) mass is 421 g/mol. The summed E-state index contributed by atoms with van der Waals surface area (Å²) >= 11 is 0. The van der Waals surface area contributed by atoms with Crippen molar-refractivity contribution in [2.45, 2.75) is 59.1 Å². The summed E-state index contributed by atoms with van der Waals surface area (Å²) in [6.45, 7) is 11.3. The fraction of sp³-hybridized carbons (Fsp3) is 0.941. The van der Waals surface area contributed by atoms with Gasteiger partial charge in [-0.3, -0.25) is 4.99 Å². The Labute approximate surface area is 152 Å². The molecular weight excluding hydrogens is 389 g/mol. The Bertz CT molecular complexity index is 436. The van der Waals surface area contributed by atoms with E-state index in [1.807, 2.05) is 7.05 Å². The number of halogens is 1. The summed E-state index contributed by atoms with van der Waals surface area (Å²) < 4.78 is 5.97. The lowest BCUT2D eigenvalue weighted by atomic mass is 9.55. The second-order valence-electron chi connectivity index (χ2n) is 8.38. The molecule has 0 radical (unpaired) electrons. The highest BCUT2D eigenvalue weighted by atomic mass is 127. The average molecular weight is 421 g/mol. The normalized spacial score (nSPS) is 38.1. The van der Waals surface area contributed by atoms with Crippen LogP contribution in [0.2, 0.25) is 0 Å². The molecule has 0 amide bonds. The highest BCUT2D eigenvalue weighted by molar-refractivity contribution is 14.0. The zero-order valence-electron chi connectivity index (χ0n) is 14.6. The molecule has 1 heterocycles. The SMILES string of the molecule is CN=C(NCC1CC1(C)C)NC1C2CCCOC2C1(C)C.I. The second kappa shape index (κ2) is 6.46. The first-order valence-electron chi connectivity index (χ1n) is 8.45. The predicted octanol–water partition coefficient (Wildman–Crippen LogP) is 3.02. The van der Waals surface area contributed by atoms with E-state index in [1.54, 1.807) is 0 Å². The van der Waals surface area contributed by atoms with Crippen molar-refractivity contribution in [3.05, 3.63) is 0 Å². The molecule has 3 rings (SSSR count). The van der Waals surface area contributed by atoms with Gasteiger partial charge in [-0.15, -0.1) is 24.0 Å². The van der Waals surface area contributed by atoms with Crippen molar-refractivity contribution >= 4 is 29.9 Å². The molecule has 0 aromatic heterocycles. The van der Waals surface area contributed by atoms with Crippen LogP contribution in [0.1, 0.15) is 47.0 Å². The number of hydrogen-bond donors (Lipinski definition) is 2. The molecule has 5 heteroatoms. The molecule has 0 aromatic rings. The highest BCUT2D eigenvalue weighted by Gasteiger charge is 2.58. The molecule has 2 N–H and O–H groups in total. The summed E-state index contributed by atoms with van der Waals surface area (Å²) in [6, 6.07) is 0.473. The number of rotatable bonds is 3. The Kier molecular flexibility index (Phi) is 5.37. The first-order chi connectivity index (χ1) is 9.86. The molecule has 4 atom stereocenters. The van der Waals surface area contributed by atoms with Gasteiger partial charge in [0.05, 0.1) is 6.10 Å². The fourth-order valence-corrected chi connectivity index (χ4v) is 4.30. The summed E-state index contributed by atoms with van der Waals surface area (Å²) in [6.07, 6.45) is 4.21. The number of nitrogens with zero attached hydrogens (tertiary/aromatic N) is 1. The number of guanidine groups is 1. The Balaban J connectivity index is 0.00000176. The standard InChI is InChI=1S/C17H31N3O.HI/c1-16(2)9-11(16)10-19-15(18-5)20-13-12-7-6-8-21-14(12)17(13,3)4;/h11-14H,6-10H2,1-5H3,(H2,18,19,20);1H. The van der Waals surface area contributed by atoms with Crippen molar-refractivity contribution in [1.82, 2.24) is 10.6 Å². The van der Waals surface area contributed by atoms with Gasteiger partial charge in [0.15, 0.2) is 5.96 Å². The zero-order valence-corrected chi connectivity index (χ0v) is 16.9. The summed E-state index contributed by atoms with van der Waals surface area (Å²) in [5.41, 5.74) is 0.714. The van der Waals surface area contributed by atoms with E-state index in [2.05, 4.69) is 43.3 Å². The van der Waals surface area contributed by atoms with E-state index in [4.69, 9.17) is 4.74 Å². The van der Waals surface area contributed by atoms with Crippen LogP contribution in [0.25, 0.3) is 0 Å². The van der Waals surface area contributed by atoms with Gasteiger partial charge in [0.25, 0.3) is 0 Å². The highest BCUT2D eigenvalue weighted by Crippen LogP contribution is 2.52. The smallest absolute Gasteiger partial charge is 0.191 e. The van der Waals surface area contributed by atoms with E-state index >= 15 is 0 Å². The van der Waals surface area contributed by atoms with Crippen LogP contribution in [0.15, 0.2) is 4.99 Å². The van der Waals surface area contributed by atoms with Gasteiger partial charge in [-0.05, 0) is 30.6 Å². The molecule has 1 aliphatic heterocycles. The maximum atomic E-state index is 5.97. The van der Waals surface area contributed by atoms with Crippen molar-refractivity contribution < 1.29 is 4.74 Å². The maximum Gasteiger partial charge on any atom is 0.191 e. The Morgan fingerprint density at radius 1 is 1.27 bits per heavy atom. The summed E-state index contributed by atoms with van der Waals surface area (Å²) in [5, 5.41) is 7.18. The summed E-state index contributed by atoms with van der Waals surface area (Å²) in [5.74, 6) is 2.39. The topological polar surface area (TPSA) is 45.7 Å². The molecule has 2 saturated carbocycles. The van der Waals surface area contributed by atoms with Crippen LogP contribution >= 0.6 is 24.0 Å². The number of hydrogen-bond acceptors (Lipinski definition) is 2. The average Bonchev–Trinajstić information content (AvgIpc) is 3.06. The van der Waals surface area contributed by atoms with Crippen molar-refractivity contribution in [2.75, 3.05) is 20.2 Å². The summed E-state index contributed by atoms with van der Waals surface area (Å²) in [4.78, 5) is 4.41. The zero-order chi connectivity index (χ0) is 15.3. The minimum absolute atomic E-state index is 0. The van der Waals surface area contributed by atoms with Crippen molar-refractivity contribution in [2.24, 2.45) is 27.7 Å². The van der Waals surface area contributed by atoms with E-state index in [-0.39, 0.29) is 29.4 Å². The molecule has 0 spiro atoms. The molecule has 128 valence electrons. The van der Waals surface area contributed by atoms with Crippen LogP contribution in [-0.2, 0) is 4.74 Å². The van der Waals surface area contributed by atoms with Gasteiger partial charge in [-0.1, -0.05) is 27.7 Å². The number of nitrogens with one attached hydrogen (secondary N) is 2. The molecule has 2 aliphatic carbocycles. The third kappa shape index (κ3) is 3.25. The Morgan fingerprint density at radius 2 is 1.95 bits per heavy atom. The third-order valence-corrected chi connectivity index (χ3v) is 6.08. The van der Waals surface area contributed by atoms with Crippen molar-refractivity contribution in [3.8, 4) is 0 Å². The largest absolute Gasteiger partial charge is 0.377 e. The molecule has 0 bridgehead atoms. The molecule has 3 fully saturated rings. The molecule has 22 heavy (non-hydrogen) atoms. The van der Waals surface area contributed by atoms with Crippen LogP contribution in [0, 0.1) is 22.7 Å². The third-order valence-electron chi connectivity index (χ3n) is 6.08. The Morgan fingerprint density at radius 3 is 2.55 bits per heavy atom. The number of ether oxygens (including phenoxy) is 1. The van der Waals surface area contributed by atoms with Crippen LogP contribution in [-0.4, -0.2) is 38.3 Å². The molecule has 4 unspecified atom stereocenters. The lowest BCUT2D eigenvalue weighted by Gasteiger charge is -2.60. The van der Waals surface area contributed by atoms with Gasteiger partial charge in [0, 0.05) is 37.6 Å². The fourth-order valence-electron chi connectivity index (χ4n) is 4.30. The van der Waals surface area contributed by atoms with Gasteiger partial charge in [0.1, 0.15) is 0 Å². The lowest BCUT2D eigenvalue weighted by molar-refractivity contribution is -0.188. The molecule has 4 nitrogen and oxygen atoms in total. The van der Waals surface area contributed by atoms with E-state index in [0.29, 0.717) is 23.5 Å². The van der Waals surface area contributed by atoms with E-state index < -0.39 is 0 Å². The van der Waals surface area contributed by atoms with Crippen LogP contribution in [0.3, 0.4) is 0 Å². The van der Waals surface area contributed by atoms with E-state index in [1.165, 1.54) is 19.3 Å². The minimum Gasteiger partial charge on any atom is -0.377 e. The number of fused-ring (bicyclic) bond motifs is 1. The first-order valence-corrected chi connectivity index (χ1v) is 8.45. The lowest BCUT2D eigenvalue weighted by Crippen LogP contribution is -2.71. The van der Waals surface area contributed by atoms with Gasteiger partial charge in [-0.2, -0.15) is 0 Å². The molecule has 3 aliphatic rings. The van der Waals surface area contributed by atoms with Crippen molar-refractivity contribution in [3.63, 3.8) is 0 Å². The van der Waals surface area contributed by atoms with Gasteiger partial charge < -0.3 is 15.4 Å². The minimum atomic E-state index is 0. The Hall–Kier alpha value is -0.0400. The van der Waals surface area contributed by atoms with Gasteiger partial charge in [-0.25, -0.2) is 0 Å². The second-order valence-corrected chi connectivity index (χ2v) is 8.38. The van der Waals surface area contributed by atoms with Crippen LogP contribution in [0.4, 0.5) is 0 Å². The maximum absolute atomic E-state index is 5.97. The van der Waals surface area contributed by atoms with Crippen LogP contribution < -0.4 is 10.6 Å². The first kappa shape index (κ1) is 18.3. The summed E-state index contributed by atoms with van der Waals surface area (Å²) in [7, 11) is 1.87. The van der Waals surface area contributed by atoms with Crippen molar-refractivity contribution in [1.29, 1.82) is 0 Å². The molecule has 1 saturated heterocycles. The number of aliphatic imine (C=N–C) groups is 1. The van der Waals surface area contributed by atoms with E-state index in [9.17, 15) is 0 Å². The van der Waals surface area contributed by atoms with Gasteiger partial charge in [0.2, 0.25) is 0 Å². The van der Waals surface area contributed by atoms with Gasteiger partial charge >= 0.3 is 0 Å². The predicted molar refractivity (Wildman–Crippen MR) is 102 cm³/mol. The molecular formula is C17H32IN3O. The quantitative estimate of drug-likeness (QED) is 0.419. The molecule has 0 aromatic carbocycles. The van der Waals surface area contributed by atoms with Crippen LogP contribution in [0.5, 0.6) is 0 Å².